The van der Waals surface area contributed by atoms with Gasteiger partial charge in [0.15, 0.2) is 5.82 Å². The number of hydrogen-bond donors (Lipinski definition) is 1. The number of nitro benzene ring substituents is 1. The van der Waals surface area contributed by atoms with Gasteiger partial charge in [-0.2, -0.15) is 9.78 Å². The van der Waals surface area contributed by atoms with Gasteiger partial charge in [0, 0.05) is 22.6 Å². The molecule has 9 nitrogen and oxygen atoms in total. The van der Waals surface area contributed by atoms with Gasteiger partial charge in [-0.3, -0.25) is 14.9 Å². The third-order valence-electron chi connectivity index (χ3n) is 5.40. The third kappa shape index (κ3) is 5.56. The maximum Gasteiger partial charge on any atom is 0.270 e. The number of rotatable bonds is 6. The Kier molecular flexibility index (Phi) is 7.74. The van der Waals surface area contributed by atoms with Crippen LogP contribution < -0.4 is 5.32 Å². The number of thiophene rings is 1. The number of carbonyl (C=O) groups is 1. The highest BCUT2D eigenvalue weighted by Gasteiger charge is 2.28. The SMILES string of the molecule is Cc1cc(NC(=O)CCl)sc1-c1nnc2n1N=C(c1cc(F)c(Cl)cc1Cl)/C(=C/c1cccc([N+](=O)[O-])c1)S2. The molecule has 0 radical (unpaired) electrons. The molecule has 0 saturated carbocycles. The lowest BCUT2D eigenvalue weighted by Crippen LogP contribution is -2.13. The van der Waals surface area contributed by atoms with Gasteiger partial charge in [-0.15, -0.1) is 33.1 Å². The van der Waals surface area contributed by atoms with Crippen molar-refractivity contribution >= 4 is 86.3 Å². The minimum absolute atomic E-state index is 0.0881. The maximum atomic E-state index is 14.6. The Morgan fingerprint density at radius 3 is 2.74 bits per heavy atom. The predicted octanol–water partition coefficient (Wildman–Crippen LogP) is 7.25. The Balaban J connectivity index is 1.66. The fourth-order valence-electron chi connectivity index (χ4n) is 3.66. The number of nitro groups is 1. The number of benzene rings is 2. The van der Waals surface area contributed by atoms with Crippen molar-refractivity contribution in [2.45, 2.75) is 12.1 Å². The van der Waals surface area contributed by atoms with E-state index in [0.29, 0.717) is 31.3 Å². The van der Waals surface area contributed by atoms with Crippen LogP contribution in [0, 0.1) is 22.9 Å². The molecule has 2 aromatic carbocycles. The monoisotopic (exact) mass is 622 g/mol. The number of aromatic nitrogens is 3. The zero-order valence-corrected chi connectivity index (χ0v) is 23.5. The zero-order valence-electron chi connectivity index (χ0n) is 19.6. The third-order valence-corrected chi connectivity index (χ3v) is 8.36. The summed E-state index contributed by atoms with van der Waals surface area (Å²) in [7, 11) is 0. The lowest BCUT2D eigenvalue weighted by molar-refractivity contribution is -0.384. The van der Waals surface area contributed by atoms with E-state index in [9.17, 15) is 19.3 Å². The predicted molar refractivity (Wildman–Crippen MR) is 153 cm³/mol. The van der Waals surface area contributed by atoms with Gasteiger partial charge in [0.05, 0.1) is 24.8 Å². The van der Waals surface area contributed by atoms with Crippen molar-refractivity contribution in [2.24, 2.45) is 5.10 Å². The van der Waals surface area contributed by atoms with Gasteiger partial charge in [-0.05, 0) is 54.1 Å². The molecule has 0 spiro atoms. The van der Waals surface area contributed by atoms with Crippen molar-refractivity contribution in [1.82, 2.24) is 14.9 Å². The summed E-state index contributed by atoms with van der Waals surface area (Å²) in [5.74, 6) is -0.834. The molecule has 1 aliphatic heterocycles. The average Bonchev–Trinajstić information content (AvgIpc) is 3.47. The Morgan fingerprint density at radius 2 is 2.00 bits per heavy atom. The second kappa shape index (κ2) is 11.1. The number of alkyl halides is 1. The smallest absolute Gasteiger partial charge is 0.270 e. The molecule has 1 amide bonds. The first-order valence-electron chi connectivity index (χ1n) is 10.9. The molecule has 0 aliphatic carbocycles. The van der Waals surface area contributed by atoms with E-state index in [2.05, 4.69) is 15.5 Å². The van der Waals surface area contributed by atoms with Crippen molar-refractivity contribution < 1.29 is 14.1 Å². The van der Waals surface area contributed by atoms with E-state index in [-0.39, 0.29) is 38.8 Å². The highest BCUT2D eigenvalue weighted by atomic mass is 35.5. The van der Waals surface area contributed by atoms with Crippen molar-refractivity contribution in [3.05, 3.63) is 90.0 Å². The van der Waals surface area contributed by atoms with Gasteiger partial charge in [0.2, 0.25) is 11.1 Å². The summed E-state index contributed by atoms with van der Waals surface area (Å²) < 4.78 is 16.1. The first kappa shape index (κ1) is 27.3. The maximum absolute atomic E-state index is 14.6. The van der Waals surface area contributed by atoms with Crippen LogP contribution in [-0.2, 0) is 4.79 Å². The van der Waals surface area contributed by atoms with Crippen molar-refractivity contribution in [2.75, 3.05) is 11.2 Å². The largest absolute Gasteiger partial charge is 0.317 e. The lowest BCUT2D eigenvalue weighted by atomic mass is 10.1. The average molecular weight is 624 g/mol. The van der Waals surface area contributed by atoms with Crippen LogP contribution in [0.5, 0.6) is 0 Å². The van der Waals surface area contributed by atoms with Crippen LogP contribution in [0.3, 0.4) is 0 Å². The number of hydrogen-bond acceptors (Lipinski definition) is 8. The minimum atomic E-state index is -0.693. The number of nitrogens with zero attached hydrogens (tertiary/aromatic N) is 5. The van der Waals surface area contributed by atoms with Gasteiger partial charge in [0.1, 0.15) is 17.4 Å². The van der Waals surface area contributed by atoms with E-state index >= 15 is 0 Å². The number of allylic oxidation sites excluding steroid dienone is 1. The fraction of sp³-hybridized carbons (Fsp3) is 0.0833. The molecule has 198 valence electrons. The number of fused-ring (bicyclic) bond motifs is 1. The van der Waals surface area contributed by atoms with Crippen LogP contribution >= 0.6 is 57.9 Å². The second-order valence-corrected chi connectivity index (χ2v) is 11.2. The van der Waals surface area contributed by atoms with Crippen molar-refractivity contribution in [1.29, 1.82) is 0 Å². The Morgan fingerprint density at radius 1 is 1.21 bits per heavy atom. The summed E-state index contributed by atoms with van der Waals surface area (Å²) in [4.78, 5) is 23.7. The summed E-state index contributed by atoms with van der Waals surface area (Å²) >= 11 is 20.5. The van der Waals surface area contributed by atoms with E-state index in [0.717, 1.165) is 5.56 Å². The number of halogens is 4. The molecule has 0 atom stereocenters. The van der Waals surface area contributed by atoms with Gasteiger partial charge in [-0.25, -0.2) is 4.39 Å². The van der Waals surface area contributed by atoms with Gasteiger partial charge in [-0.1, -0.05) is 35.3 Å². The van der Waals surface area contributed by atoms with Crippen LogP contribution in [0.1, 0.15) is 16.7 Å². The number of non-ortho nitro benzene ring substituents is 1. The van der Waals surface area contributed by atoms with Crippen LogP contribution in [-0.4, -0.2) is 37.3 Å². The van der Waals surface area contributed by atoms with Crippen molar-refractivity contribution in [3.8, 4) is 10.7 Å². The van der Waals surface area contributed by atoms with E-state index in [1.807, 2.05) is 6.92 Å². The fourth-order valence-corrected chi connectivity index (χ4v) is 6.19. The van der Waals surface area contributed by atoms with Gasteiger partial charge in [0.25, 0.3) is 5.69 Å². The lowest BCUT2D eigenvalue weighted by Gasteiger charge is -2.18. The standard InChI is InChI=1S/C24H14Cl3FN6O3S2/c1-11-5-20(29-19(35)10-25)39-22(11)23-30-31-24-33(23)32-21(14-8-17(28)16(27)9-15(14)26)18(38-24)7-12-3-2-4-13(6-12)34(36)37/h2-9H,10H2,1H3,(H,29,35)/b18-7-. The number of aryl methyl sites for hydroxylation is 1. The molecule has 0 bridgehead atoms. The van der Waals surface area contributed by atoms with Crippen LogP contribution in [0.15, 0.2) is 57.6 Å². The summed E-state index contributed by atoms with van der Waals surface area (Å²) in [5.41, 5.74) is 1.79. The first-order valence-corrected chi connectivity index (χ1v) is 13.9. The Hall–Kier alpha value is -3.29. The minimum Gasteiger partial charge on any atom is -0.317 e. The number of thioether (sulfide) groups is 1. The van der Waals surface area contributed by atoms with Gasteiger partial charge < -0.3 is 5.32 Å². The zero-order chi connectivity index (χ0) is 27.8. The van der Waals surface area contributed by atoms with Crippen molar-refractivity contribution in [3.63, 3.8) is 0 Å². The molecule has 1 N–H and O–H groups in total. The molecule has 5 rings (SSSR count). The van der Waals surface area contributed by atoms with E-state index in [1.165, 1.54) is 52.0 Å². The van der Waals surface area contributed by atoms with Crippen LogP contribution in [0.25, 0.3) is 16.8 Å². The Labute approximate surface area is 243 Å². The van der Waals surface area contributed by atoms with Gasteiger partial charge >= 0.3 is 0 Å². The summed E-state index contributed by atoms with van der Waals surface area (Å²) in [5, 5.41) is 28.3. The molecular weight excluding hydrogens is 610 g/mol. The second-order valence-electron chi connectivity index (χ2n) is 8.08. The normalized spacial score (nSPS) is 13.8. The molecular formula is C24H14Cl3FN6O3S2. The van der Waals surface area contributed by atoms with E-state index < -0.39 is 10.7 Å². The van der Waals surface area contributed by atoms with Crippen LogP contribution in [0.4, 0.5) is 15.1 Å². The highest BCUT2D eigenvalue weighted by Crippen LogP contribution is 2.41. The quantitative estimate of drug-likeness (QED) is 0.105. The summed E-state index contributed by atoms with van der Waals surface area (Å²) in [6.45, 7) is 1.85. The molecule has 0 unspecified atom stereocenters. The van der Waals surface area contributed by atoms with E-state index in [1.54, 1.807) is 24.3 Å². The number of nitrogens with one attached hydrogen (secondary N) is 1. The summed E-state index contributed by atoms with van der Waals surface area (Å²) in [6, 6.07) is 10.3. The molecule has 1 aliphatic rings. The number of carbonyl (C=O) groups excluding carboxylic acids is 1. The molecule has 3 heterocycles. The molecule has 0 fully saturated rings. The topological polar surface area (TPSA) is 115 Å². The highest BCUT2D eigenvalue weighted by molar-refractivity contribution is 8.04. The van der Waals surface area contributed by atoms with E-state index in [4.69, 9.17) is 39.9 Å². The molecule has 4 aromatic rings. The van der Waals surface area contributed by atoms with Crippen LogP contribution in [0.2, 0.25) is 10.0 Å². The number of anilines is 1. The molecule has 0 saturated heterocycles. The first-order chi connectivity index (χ1) is 18.6. The Bertz CT molecular complexity index is 1720. The summed E-state index contributed by atoms with van der Waals surface area (Å²) in [6.07, 6.45) is 1.67. The molecule has 39 heavy (non-hydrogen) atoms. The number of amides is 1. The molecule has 15 heteroatoms. The molecule has 2 aromatic heterocycles.